The second-order valence-corrected chi connectivity index (χ2v) is 5.59. The van der Waals surface area contributed by atoms with Gasteiger partial charge in [0.2, 0.25) is 0 Å². The Morgan fingerprint density at radius 3 is 2.69 bits per heavy atom. The Labute approximate surface area is 101 Å². The first-order valence-electron chi connectivity index (χ1n) is 5.98. The number of anilines is 1. The molecule has 2 rings (SSSR count). The Hall–Kier alpha value is -0.770. The van der Waals surface area contributed by atoms with Crippen molar-refractivity contribution in [2.75, 3.05) is 12.4 Å². The first-order chi connectivity index (χ1) is 7.78. The lowest BCUT2D eigenvalue weighted by Crippen LogP contribution is -2.08. The van der Waals surface area contributed by atoms with Gasteiger partial charge in [0.25, 0.3) is 0 Å². The van der Waals surface area contributed by atoms with Crippen LogP contribution in [0, 0.1) is 6.92 Å². The van der Waals surface area contributed by atoms with Gasteiger partial charge in [-0.3, -0.25) is 0 Å². The second kappa shape index (κ2) is 5.53. The van der Waals surface area contributed by atoms with Gasteiger partial charge in [0.05, 0.1) is 0 Å². The van der Waals surface area contributed by atoms with Crippen LogP contribution in [0.1, 0.15) is 37.9 Å². The zero-order valence-corrected chi connectivity index (χ0v) is 10.8. The highest BCUT2D eigenvalue weighted by molar-refractivity contribution is 7.99. The number of hydrogen-bond donors (Lipinski definition) is 1. The molecule has 1 fully saturated rings. The van der Waals surface area contributed by atoms with Gasteiger partial charge < -0.3 is 5.32 Å². The monoisotopic (exact) mass is 237 g/mol. The summed E-state index contributed by atoms with van der Waals surface area (Å²) in [7, 11) is 1.90. The van der Waals surface area contributed by atoms with Crippen LogP contribution in [0.3, 0.4) is 0 Å². The molecule has 4 heteroatoms. The van der Waals surface area contributed by atoms with Crippen LogP contribution in [0.5, 0.6) is 0 Å². The molecule has 1 heterocycles. The molecule has 0 aromatic carbocycles. The third-order valence-corrected chi connectivity index (χ3v) is 4.17. The van der Waals surface area contributed by atoms with Crippen molar-refractivity contribution in [2.45, 2.75) is 49.3 Å². The second-order valence-electron chi connectivity index (χ2n) is 4.27. The van der Waals surface area contributed by atoms with Crippen molar-refractivity contribution < 1.29 is 0 Å². The van der Waals surface area contributed by atoms with Crippen molar-refractivity contribution in [2.24, 2.45) is 0 Å². The van der Waals surface area contributed by atoms with Crippen LogP contribution >= 0.6 is 11.8 Å². The van der Waals surface area contributed by atoms with Gasteiger partial charge in [-0.1, -0.05) is 19.3 Å². The van der Waals surface area contributed by atoms with Crippen LogP contribution in [-0.2, 0) is 0 Å². The normalized spacial score (nSPS) is 17.4. The first kappa shape index (κ1) is 11.7. The summed E-state index contributed by atoms with van der Waals surface area (Å²) in [6.45, 7) is 1.95. The Kier molecular flexibility index (Phi) is 4.04. The zero-order valence-electron chi connectivity index (χ0n) is 9.99. The van der Waals surface area contributed by atoms with Gasteiger partial charge in [-0.2, -0.15) is 0 Å². The van der Waals surface area contributed by atoms with Gasteiger partial charge in [-0.25, -0.2) is 9.97 Å². The highest BCUT2D eigenvalue weighted by atomic mass is 32.2. The molecular formula is C12H19N3S. The van der Waals surface area contributed by atoms with Crippen molar-refractivity contribution in [3.8, 4) is 0 Å². The summed E-state index contributed by atoms with van der Waals surface area (Å²) in [5.41, 5.74) is 0. The summed E-state index contributed by atoms with van der Waals surface area (Å²) >= 11 is 1.92. The van der Waals surface area contributed by atoms with E-state index in [4.69, 9.17) is 0 Å². The van der Waals surface area contributed by atoms with E-state index >= 15 is 0 Å². The highest BCUT2D eigenvalue weighted by Crippen LogP contribution is 2.33. The fourth-order valence-electron chi connectivity index (χ4n) is 2.08. The maximum absolute atomic E-state index is 4.49. The van der Waals surface area contributed by atoms with E-state index in [0.717, 1.165) is 21.9 Å². The zero-order chi connectivity index (χ0) is 11.4. The summed E-state index contributed by atoms with van der Waals surface area (Å²) in [6, 6.07) is 2.05. The van der Waals surface area contributed by atoms with Gasteiger partial charge in [0.15, 0.2) is 0 Å². The van der Waals surface area contributed by atoms with Crippen molar-refractivity contribution in [1.29, 1.82) is 0 Å². The molecule has 0 amide bonds. The van der Waals surface area contributed by atoms with Crippen LogP contribution in [0.25, 0.3) is 0 Å². The molecule has 0 bridgehead atoms. The van der Waals surface area contributed by atoms with E-state index in [1.54, 1.807) is 0 Å². The molecule has 0 spiro atoms. The minimum atomic E-state index is 0.757. The third kappa shape index (κ3) is 3.11. The average Bonchev–Trinajstić information content (AvgIpc) is 2.29. The third-order valence-electron chi connectivity index (χ3n) is 2.91. The van der Waals surface area contributed by atoms with Crippen molar-refractivity contribution in [3.05, 3.63) is 11.9 Å². The average molecular weight is 237 g/mol. The van der Waals surface area contributed by atoms with Crippen LogP contribution in [-0.4, -0.2) is 22.3 Å². The molecule has 0 unspecified atom stereocenters. The molecule has 1 N–H and O–H groups in total. The Bertz CT molecular complexity index is 348. The molecule has 1 aliphatic carbocycles. The van der Waals surface area contributed by atoms with E-state index in [0.29, 0.717) is 0 Å². The summed E-state index contributed by atoms with van der Waals surface area (Å²) in [5, 5.41) is 4.95. The van der Waals surface area contributed by atoms with Gasteiger partial charge in [-0.15, -0.1) is 11.8 Å². The van der Waals surface area contributed by atoms with Crippen molar-refractivity contribution >= 4 is 17.6 Å². The molecule has 0 aliphatic heterocycles. The van der Waals surface area contributed by atoms with Crippen LogP contribution in [0.15, 0.2) is 11.1 Å². The number of nitrogens with zero attached hydrogens (tertiary/aromatic N) is 2. The molecular weight excluding hydrogens is 218 g/mol. The lowest BCUT2D eigenvalue weighted by molar-refractivity contribution is 0.515. The number of rotatable bonds is 3. The summed E-state index contributed by atoms with van der Waals surface area (Å²) in [5.74, 6) is 1.77. The van der Waals surface area contributed by atoms with E-state index < -0.39 is 0 Å². The maximum atomic E-state index is 4.49. The van der Waals surface area contributed by atoms with Gasteiger partial charge >= 0.3 is 0 Å². The lowest BCUT2D eigenvalue weighted by atomic mass is 10.0. The van der Waals surface area contributed by atoms with E-state index in [1.165, 1.54) is 32.1 Å². The fraction of sp³-hybridized carbons (Fsp3) is 0.667. The maximum Gasteiger partial charge on any atom is 0.130 e. The Balaban J connectivity index is 2.04. The molecule has 0 radical (unpaired) electrons. The molecule has 1 saturated carbocycles. The molecule has 0 saturated heterocycles. The molecule has 1 aromatic heterocycles. The van der Waals surface area contributed by atoms with E-state index in [2.05, 4.69) is 15.3 Å². The van der Waals surface area contributed by atoms with Crippen LogP contribution in [0.2, 0.25) is 0 Å². The van der Waals surface area contributed by atoms with E-state index in [1.807, 2.05) is 31.8 Å². The first-order valence-corrected chi connectivity index (χ1v) is 6.86. The van der Waals surface area contributed by atoms with Gasteiger partial charge in [-0.05, 0) is 19.8 Å². The highest BCUT2D eigenvalue weighted by Gasteiger charge is 2.15. The quantitative estimate of drug-likeness (QED) is 0.819. The number of hydrogen-bond acceptors (Lipinski definition) is 4. The molecule has 1 aromatic rings. The molecule has 16 heavy (non-hydrogen) atoms. The lowest BCUT2D eigenvalue weighted by Gasteiger charge is -2.20. The number of aromatic nitrogens is 2. The van der Waals surface area contributed by atoms with E-state index in [9.17, 15) is 0 Å². The topological polar surface area (TPSA) is 37.8 Å². The van der Waals surface area contributed by atoms with Crippen LogP contribution < -0.4 is 5.32 Å². The van der Waals surface area contributed by atoms with Gasteiger partial charge in [0, 0.05) is 18.4 Å². The predicted octanol–water partition coefficient (Wildman–Crippen LogP) is 3.25. The summed E-state index contributed by atoms with van der Waals surface area (Å²) < 4.78 is 0. The standard InChI is InChI=1S/C12H19N3S/c1-9-14-11(13-2)8-12(15-9)16-10-6-4-3-5-7-10/h8,10H,3-7H2,1-2H3,(H,13,14,15). The van der Waals surface area contributed by atoms with E-state index in [-0.39, 0.29) is 0 Å². The Morgan fingerprint density at radius 1 is 1.25 bits per heavy atom. The molecule has 1 aliphatic rings. The molecule has 0 atom stereocenters. The summed E-state index contributed by atoms with van der Waals surface area (Å²) in [6.07, 6.45) is 6.83. The predicted molar refractivity (Wildman–Crippen MR) is 69.0 cm³/mol. The molecule has 88 valence electrons. The van der Waals surface area contributed by atoms with Crippen molar-refractivity contribution in [1.82, 2.24) is 9.97 Å². The van der Waals surface area contributed by atoms with Gasteiger partial charge in [0.1, 0.15) is 16.7 Å². The summed E-state index contributed by atoms with van der Waals surface area (Å²) in [4.78, 5) is 8.80. The molecule has 3 nitrogen and oxygen atoms in total. The fourth-order valence-corrected chi connectivity index (χ4v) is 3.36. The smallest absolute Gasteiger partial charge is 0.130 e. The largest absolute Gasteiger partial charge is 0.373 e. The Morgan fingerprint density at radius 2 is 2.00 bits per heavy atom. The minimum Gasteiger partial charge on any atom is -0.373 e. The van der Waals surface area contributed by atoms with Crippen molar-refractivity contribution in [3.63, 3.8) is 0 Å². The number of thioether (sulfide) groups is 1. The number of aryl methyl sites for hydroxylation is 1. The minimum absolute atomic E-state index is 0.757. The van der Waals surface area contributed by atoms with Crippen LogP contribution in [0.4, 0.5) is 5.82 Å². The number of nitrogens with one attached hydrogen (secondary N) is 1. The SMILES string of the molecule is CNc1cc(SC2CCCCC2)nc(C)n1.